The van der Waals surface area contributed by atoms with Gasteiger partial charge in [-0.2, -0.15) is 0 Å². The third-order valence-electron chi connectivity index (χ3n) is 0. The van der Waals surface area contributed by atoms with Crippen LogP contribution in [0.3, 0.4) is 0 Å². The summed E-state index contributed by atoms with van der Waals surface area (Å²) in [7, 11) is -5.17. The maximum atomic E-state index is 8.52. The van der Waals surface area contributed by atoms with Crippen LogP contribution in [0.2, 0.25) is 0 Å². The average Bonchev–Trinajstić information content (AvgIpc) is 0.722. The molecule has 6 heteroatoms. The summed E-state index contributed by atoms with van der Waals surface area (Å²) in [5.74, 6) is 0. The Kier molecular flexibility index (Phi) is 5.99. The first kappa shape index (κ1) is 10.4. The van der Waals surface area contributed by atoms with Crippen molar-refractivity contribution in [1.29, 1.82) is 0 Å². The van der Waals surface area contributed by atoms with E-state index in [0.717, 1.165) is 0 Å². The zero-order chi connectivity index (χ0) is 4.50. The van der Waals surface area contributed by atoms with Crippen molar-refractivity contribution in [3.05, 3.63) is 0 Å². The molecule has 0 radical (unpaired) electrons. The van der Waals surface area contributed by atoms with Crippen LogP contribution in [0.5, 0.6) is 0 Å². The Labute approximate surface area is 75.6 Å². The Morgan fingerprint density at radius 3 is 1.17 bits per heavy atom. The second-order valence-corrected chi connectivity index (χ2v) is 1.22. The molecule has 0 aliphatic rings. The van der Waals surface area contributed by atoms with E-state index >= 15 is 0 Å². The van der Waals surface area contributed by atoms with Crippen LogP contribution in [0.15, 0.2) is 0 Å². The van der Waals surface area contributed by atoms with Gasteiger partial charge in [0.25, 0.3) is 0 Å². The summed E-state index contributed by atoms with van der Waals surface area (Å²) >= 11 is 0. The molecular weight excluding hydrogens is 229 g/mol. The molecule has 0 aromatic heterocycles. The SMILES string of the molecule is O=S(=O)([O-])[O-].[133Ba+2]. The van der Waals surface area contributed by atoms with Crippen molar-refractivity contribution in [2.24, 2.45) is 0 Å². The Morgan fingerprint density at radius 2 is 1.17 bits per heavy atom. The van der Waals surface area contributed by atoms with E-state index in [1.807, 2.05) is 0 Å². The summed E-state index contributed by atoms with van der Waals surface area (Å²) in [4.78, 5) is 0. The molecule has 0 fully saturated rings. The fourth-order valence-electron chi connectivity index (χ4n) is 0. The van der Waals surface area contributed by atoms with Gasteiger partial charge in [-0.25, -0.2) is 0 Å². The molecule has 6 heavy (non-hydrogen) atoms. The molecule has 0 aliphatic heterocycles. The molecule has 0 saturated carbocycles. The Balaban J connectivity index is 0. The average molecular weight is 229 g/mol. The molecule has 0 aliphatic carbocycles. The molecule has 0 N–H and O–H groups in total. The van der Waals surface area contributed by atoms with Crippen molar-refractivity contribution >= 4 is 59.3 Å². The first-order valence-electron chi connectivity index (χ1n) is 0.667. The Hall–Kier alpha value is 1.44. The second kappa shape index (κ2) is 3.44. The van der Waals surface area contributed by atoms with E-state index in [2.05, 4.69) is 0 Å². The summed E-state index contributed by atoms with van der Waals surface area (Å²) in [5, 5.41) is 0. The van der Waals surface area contributed by atoms with Crippen LogP contribution in [-0.4, -0.2) is 66.4 Å². The van der Waals surface area contributed by atoms with Crippen molar-refractivity contribution in [2.75, 3.05) is 0 Å². The number of rotatable bonds is 0. The smallest absolute Gasteiger partial charge is 0.759 e. The summed E-state index contributed by atoms with van der Waals surface area (Å²) in [6.07, 6.45) is 0. The van der Waals surface area contributed by atoms with Crippen LogP contribution >= 0.6 is 0 Å². The summed E-state index contributed by atoms with van der Waals surface area (Å²) in [5.41, 5.74) is 0. The van der Waals surface area contributed by atoms with E-state index in [4.69, 9.17) is 17.5 Å². The van der Waals surface area contributed by atoms with Crippen molar-refractivity contribution in [3.63, 3.8) is 0 Å². The van der Waals surface area contributed by atoms with Crippen LogP contribution in [0.4, 0.5) is 0 Å². The van der Waals surface area contributed by atoms with Crippen molar-refractivity contribution in [3.8, 4) is 0 Å². The zero-order valence-corrected chi connectivity index (χ0v) is 8.01. The first-order chi connectivity index (χ1) is 2.00. The van der Waals surface area contributed by atoms with Gasteiger partial charge in [0.15, 0.2) is 0 Å². The van der Waals surface area contributed by atoms with E-state index in [1.165, 1.54) is 0 Å². The van der Waals surface area contributed by atoms with Crippen molar-refractivity contribution < 1.29 is 17.5 Å². The monoisotopic (exact) mass is 229 g/mol. The molecule has 0 spiro atoms. The van der Waals surface area contributed by atoms with Crippen LogP contribution in [-0.2, 0) is 10.4 Å². The number of hydrogen-bond acceptors (Lipinski definition) is 4. The maximum Gasteiger partial charge on any atom is 2.00 e. The van der Waals surface area contributed by atoms with Gasteiger partial charge in [0.2, 0.25) is 0 Å². The molecule has 0 heterocycles. The minimum Gasteiger partial charge on any atom is -0.759 e. The molecule has 0 aromatic rings. The van der Waals surface area contributed by atoms with E-state index in [-0.39, 0.29) is 48.9 Å². The molecule has 0 unspecified atom stereocenters. The van der Waals surface area contributed by atoms with E-state index in [1.54, 1.807) is 0 Å². The van der Waals surface area contributed by atoms with Crippen LogP contribution in [0.25, 0.3) is 0 Å². The van der Waals surface area contributed by atoms with Gasteiger partial charge in [-0.05, 0) is 0 Å². The maximum absolute atomic E-state index is 8.52. The standard InChI is InChI=1S/Ba.H2O4S/c;1-5(2,3)4/h;(H2,1,2,3,4)/q+2;/p-2/i1-4;. The predicted molar refractivity (Wildman–Crippen MR) is 16.2 cm³/mol. The van der Waals surface area contributed by atoms with E-state index in [9.17, 15) is 0 Å². The van der Waals surface area contributed by atoms with Gasteiger partial charge in [-0.1, -0.05) is 0 Å². The van der Waals surface area contributed by atoms with Crippen LogP contribution in [0.1, 0.15) is 0 Å². The third kappa shape index (κ3) is 51.7. The largest absolute Gasteiger partial charge is 2.00 e. The molecular formula is BaO4S. The molecule has 0 amide bonds. The minimum absolute atomic E-state index is 0. The van der Waals surface area contributed by atoms with Crippen molar-refractivity contribution in [1.82, 2.24) is 0 Å². The molecule has 0 saturated heterocycles. The van der Waals surface area contributed by atoms with Gasteiger partial charge in [0.05, 0.1) is 0 Å². The summed E-state index contributed by atoms with van der Waals surface area (Å²) in [6, 6.07) is 0. The van der Waals surface area contributed by atoms with Gasteiger partial charge in [0.1, 0.15) is 0 Å². The van der Waals surface area contributed by atoms with Gasteiger partial charge in [-0.3, -0.25) is 8.42 Å². The molecule has 0 bridgehead atoms. The number of hydrogen-bond donors (Lipinski definition) is 0. The van der Waals surface area contributed by atoms with Crippen LogP contribution in [0, 0.1) is 0 Å². The third-order valence-corrected chi connectivity index (χ3v) is 0. The van der Waals surface area contributed by atoms with Crippen molar-refractivity contribution in [2.45, 2.75) is 0 Å². The van der Waals surface area contributed by atoms with Gasteiger partial charge >= 0.3 is 48.9 Å². The Morgan fingerprint density at radius 1 is 1.17 bits per heavy atom. The first-order valence-corrected chi connectivity index (χ1v) is 2.00. The minimum atomic E-state index is -5.17. The molecule has 0 aromatic carbocycles. The van der Waals surface area contributed by atoms with Gasteiger partial charge in [-0.15, -0.1) is 0 Å². The predicted octanol–water partition coefficient (Wildman–Crippen LogP) is -1.72. The molecule has 0 rings (SSSR count). The normalized spacial score (nSPS) is 9.67. The van der Waals surface area contributed by atoms with Gasteiger partial charge in [0, 0.05) is 10.4 Å². The van der Waals surface area contributed by atoms with E-state index in [0.29, 0.717) is 0 Å². The van der Waals surface area contributed by atoms with E-state index < -0.39 is 10.4 Å². The summed E-state index contributed by atoms with van der Waals surface area (Å²) in [6.45, 7) is 0. The van der Waals surface area contributed by atoms with Gasteiger partial charge < -0.3 is 9.11 Å². The topological polar surface area (TPSA) is 80.3 Å². The molecule has 0 atom stereocenters. The summed E-state index contributed by atoms with van der Waals surface area (Å²) < 4.78 is 34.1. The fraction of sp³-hybridized carbons (Fsp3) is 0. The zero-order valence-electron chi connectivity index (χ0n) is 2.75. The fourth-order valence-corrected chi connectivity index (χ4v) is 0. The van der Waals surface area contributed by atoms with Crippen LogP contribution < -0.4 is 0 Å². The Bertz CT molecular complexity index is 90.7. The quantitative estimate of drug-likeness (QED) is 0.281. The second-order valence-electron chi connectivity index (χ2n) is 0.408. The molecule has 32 valence electrons. The molecule has 4 nitrogen and oxygen atoms in total.